The highest BCUT2D eigenvalue weighted by atomic mass is 19.4. The molecule has 3 aromatic heterocycles. The van der Waals surface area contributed by atoms with Gasteiger partial charge in [0.2, 0.25) is 5.95 Å². The third-order valence-electron chi connectivity index (χ3n) is 6.71. The number of benzene rings is 2. The quantitative estimate of drug-likeness (QED) is 0.253. The number of anilines is 3. The molecule has 9 nitrogen and oxygen atoms in total. The number of nitrogens with zero attached hydrogens (tertiary/aromatic N) is 5. The number of aromatic nitrogens is 5. The molecule has 0 radical (unpaired) electrons. The van der Waals surface area contributed by atoms with Crippen LogP contribution < -0.4 is 16.3 Å². The van der Waals surface area contributed by atoms with Gasteiger partial charge in [0.05, 0.1) is 28.0 Å². The summed E-state index contributed by atoms with van der Waals surface area (Å²) in [4.78, 5) is 43.7. The Labute approximate surface area is 238 Å². The molecule has 2 aromatic carbocycles. The zero-order chi connectivity index (χ0) is 30.2. The van der Waals surface area contributed by atoms with Gasteiger partial charge in [-0.1, -0.05) is 19.1 Å². The Balaban J connectivity index is 1.50. The molecule has 0 atom stereocenters. The minimum Gasteiger partial charge on any atom is -0.323 e. The minimum absolute atomic E-state index is 0.149. The van der Waals surface area contributed by atoms with Crippen molar-refractivity contribution in [3.05, 3.63) is 105 Å². The maximum Gasteiger partial charge on any atom is 0.416 e. The van der Waals surface area contributed by atoms with Crippen LogP contribution in [0.4, 0.5) is 30.5 Å². The van der Waals surface area contributed by atoms with Crippen LogP contribution in [0.2, 0.25) is 0 Å². The number of nitrogens with one attached hydrogen (secondary N) is 2. The lowest BCUT2D eigenvalue weighted by molar-refractivity contribution is -0.137. The molecule has 0 aliphatic heterocycles. The molecule has 0 bridgehead atoms. The number of pyridine rings is 1. The first kappa shape index (κ1) is 28.4. The van der Waals surface area contributed by atoms with Crippen molar-refractivity contribution in [1.82, 2.24) is 24.5 Å². The van der Waals surface area contributed by atoms with Crippen molar-refractivity contribution in [2.45, 2.75) is 40.3 Å². The lowest BCUT2D eigenvalue weighted by Crippen LogP contribution is -2.26. The molecule has 12 heteroatoms. The lowest BCUT2D eigenvalue weighted by atomic mass is 10.1. The number of rotatable bonds is 6. The Bertz CT molecular complexity index is 1900. The van der Waals surface area contributed by atoms with Crippen LogP contribution in [0.3, 0.4) is 0 Å². The van der Waals surface area contributed by atoms with Crippen molar-refractivity contribution >= 4 is 34.3 Å². The maximum atomic E-state index is 13.4. The van der Waals surface area contributed by atoms with Crippen molar-refractivity contribution in [1.29, 1.82) is 0 Å². The topological polar surface area (TPSA) is 115 Å². The van der Waals surface area contributed by atoms with Gasteiger partial charge in [-0.25, -0.2) is 9.78 Å². The fraction of sp³-hybridized carbons (Fsp3) is 0.200. The second-order valence-electron chi connectivity index (χ2n) is 9.71. The molecule has 42 heavy (non-hydrogen) atoms. The molecule has 0 saturated carbocycles. The zero-order valence-corrected chi connectivity index (χ0v) is 23.2. The highest BCUT2D eigenvalue weighted by Crippen LogP contribution is 2.30. The third-order valence-corrected chi connectivity index (χ3v) is 6.71. The van der Waals surface area contributed by atoms with E-state index in [1.54, 1.807) is 31.3 Å². The molecule has 5 rings (SSSR count). The van der Waals surface area contributed by atoms with Crippen LogP contribution in [-0.4, -0.2) is 30.4 Å². The minimum atomic E-state index is -4.58. The van der Waals surface area contributed by atoms with E-state index in [0.717, 1.165) is 29.2 Å². The standard InChI is InChI=1S/C30H26F3N7O2/c1-5-24-22-15-34-28(37-23-12-10-17(3)35-18(23)4)38-26(22)39-29(42)40(24)25-14-21(11-9-16(25)2)36-27(41)19-7-6-8-20(13-19)30(31,32)33/h6-15H,5H2,1-4H3,(H,36,41)(H,37,38,39,42). The number of amides is 1. The van der Waals surface area contributed by atoms with Crippen molar-refractivity contribution in [2.75, 3.05) is 10.6 Å². The summed E-state index contributed by atoms with van der Waals surface area (Å²) in [6.07, 6.45) is -2.55. The van der Waals surface area contributed by atoms with Crippen LogP contribution in [0.25, 0.3) is 16.7 Å². The molecule has 214 valence electrons. The van der Waals surface area contributed by atoms with Gasteiger partial charge < -0.3 is 10.6 Å². The fourth-order valence-electron chi connectivity index (χ4n) is 4.60. The summed E-state index contributed by atoms with van der Waals surface area (Å²) in [7, 11) is 0. The number of hydrogen-bond acceptors (Lipinski definition) is 7. The summed E-state index contributed by atoms with van der Waals surface area (Å²) in [5, 5.41) is 6.31. The molecule has 0 aliphatic carbocycles. The van der Waals surface area contributed by atoms with Crippen LogP contribution >= 0.6 is 0 Å². The van der Waals surface area contributed by atoms with Gasteiger partial charge in [0, 0.05) is 28.8 Å². The van der Waals surface area contributed by atoms with E-state index in [2.05, 4.69) is 30.6 Å². The van der Waals surface area contributed by atoms with Gasteiger partial charge in [0.25, 0.3) is 5.91 Å². The van der Waals surface area contributed by atoms with E-state index < -0.39 is 23.3 Å². The molecule has 0 fully saturated rings. The number of alkyl halides is 3. The van der Waals surface area contributed by atoms with E-state index in [1.165, 1.54) is 16.7 Å². The second kappa shape index (κ2) is 11.0. The van der Waals surface area contributed by atoms with Gasteiger partial charge in [-0.2, -0.15) is 23.1 Å². The Kier molecular flexibility index (Phi) is 7.46. The Morgan fingerprint density at radius 3 is 2.48 bits per heavy atom. The van der Waals surface area contributed by atoms with E-state index in [1.807, 2.05) is 32.9 Å². The molecule has 0 spiro atoms. The molecule has 2 N–H and O–H groups in total. The molecular formula is C30H26F3N7O2. The number of carbonyl (C=O) groups excluding carboxylic acids is 1. The zero-order valence-electron chi connectivity index (χ0n) is 23.2. The molecule has 3 heterocycles. The molecular weight excluding hydrogens is 547 g/mol. The number of hydrogen-bond donors (Lipinski definition) is 2. The Hall–Kier alpha value is -5.13. The second-order valence-corrected chi connectivity index (χ2v) is 9.71. The number of aryl methyl sites for hydroxylation is 4. The van der Waals surface area contributed by atoms with E-state index in [0.29, 0.717) is 34.4 Å². The monoisotopic (exact) mass is 573 g/mol. The molecule has 0 saturated heterocycles. The van der Waals surface area contributed by atoms with E-state index >= 15 is 0 Å². The number of carbonyl (C=O) groups is 1. The first-order chi connectivity index (χ1) is 19.9. The third kappa shape index (κ3) is 5.69. The van der Waals surface area contributed by atoms with Crippen LogP contribution in [0.5, 0.6) is 0 Å². The Morgan fingerprint density at radius 1 is 0.976 bits per heavy atom. The summed E-state index contributed by atoms with van der Waals surface area (Å²) >= 11 is 0. The van der Waals surface area contributed by atoms with E-state index in [9.17, 15) is 22.8 Å². The van der Waals surface area contributed by atoms with Gasteiger partial charge >= 0.3 is 11.9 Å². The van der Waals surface area contributed by atoms with Crippen LogP contribution in [0, 0.1) is 20.8 Å². The van der Waals surface area contributed by atoms with Crippen LogP contribution in [0.1, 0.15) is 45.5 Å². The summed E-state index contributed by atoms with van der Waals surface area (Å²) in [6, 6.07) is 12.8. The van der Waals surface area contributed by atoms with Crippen LogP contribution in [-0.2, 0) is 12.6 Å². The van der Waals surface area contributed by atoms with Crippen molar-refractivity contribution in [3.63, 3.8) is 0 Å². The first-order valence-corrected chi connectivity index (χ1v) is 13.0. The predicted octanol–water partition coefficient (Wildman–Crippen LogP) is 6.07. The smallest absolute Gasteiger partial charge is 0.323 e. The number of fused-ring (bicyclic) bond motifs is 1. The summed E-state index contributed by atoms with van der Waals surface area (Å²) in [5.74, 6) is -0.457. The Morgan fingerprint density at radius 2 is 1.76 bits per heavy atom. The van der Waals surface area contributed by atoms with E-state index in [-0.39, 0.29) is 17.2 Å². The van der Waals surface area contributed by atoms with Gasteiger partial charge in [-0.05, 0) is 75.2 Å². The lowest BCUT2D eigenvalue weighted by Gasteiger charge is -2.17. The maximum absolute atomic E-state index is 13.4. The van der Waals surface area contributed by atoms with Gasteiger partial charge in [0.15, 0.2) is 5.65 Å². The molecule has 0 aliphatic rings. The fourth-order valence-corrected chi connectivity index (χ4v) is 4.60. The van der Waals surface area contributed by atoms with Crippen LogP contribution in [0.15, 0.2) is 65.6 Å². The average Bonchev–Trinajstić information content (AvgIpc) is 2.94. The highest BCUT2D eigenvalue weighted by Gasteiger charge is 2.31. The normalized spacial score (nSPS) is 11.5. The summed E-state index contributed by atoms with van der Waals surface area (Å²) in [6.45, 7) is 7.44. The van der Waals surface area contributed by atoms with Gasteiger partial charge in [-0.15, -0.1) is 0 Å². The van der Waals surface area contributed by atoms with Gasteiger partial charge in [0.1, 0.15) is 0 Å². The highest BCUT2D eigenvalue weighted by molar-refractivity contribution is 6.04. The SMILES string of the molecule is CCc1c2cnc(Nc3ccc(C)nc3C)nc2nc(=O)n1-c1cc(NC(=O)c2cccc(C(F)(F)F)c2)ccc1C. The predicted molar refractivity (Wildman–Crippen MR) is 153 cm³/mol. The first-order valence-electron chi connectivity index (χ1n) is 13.0. The van der Waals surface area contributed by atoms with Crippen molar-refractivity contribution in [3.8, 4) is 5.69 Å². The average molecular weight is 574 g/mol. The van der Waals surface area contributed by atoms with E-state index in [4.69, 9.17) is 0 Å². The summed E-state index contributed by atoms with van der Waals surface area (Å²) in [5.41, 5.74) is 3.01. The largest absolute Gasteiger partial charge is 0.416 e. The van der Waals surface area contributed by atoms with Gasteiger partial charge in [-0.3, -0.25) is 14.3 Å². The molecule has 0 unspecified atom stereocenters. The summed E-state index contributed by atoms with van der Waals surface area (Å²) < 4.78 is 40.8. The van der Waals surface area contributed by atoms with Crippen molar-refractivity contribution in [2.24, 2.45) is 0 Å². The van der Waals surface area contributed by atoms with Crippen molar-refractivity contribution < 1.29 is 18.0 Å². The number of halogens is 3. The molecule has 5 aromatic rings. The molecule has 1 amide bonds.